The summed E-state index contributed by atoms with van der Waals surface area (Å²) in [5.41, 5.74) is 3.12. The van der Waals surface area contributed by atoms with E-state index in [4.69, 9.17) is 4.74 Å². The summed E-state index contributed by atoms with van der Waals surface area (Å²) in [5.74, 6) is 0.798. The van der Waals surface area contributed by atoms with Gasteiger partial charge in [-0.3, -0.25) is 10.1 Å². The standard InChI is InChI=1S/C19H18FN3O2S2/c1-12-4-3-5-16(13(12)2)25-10-17(24)21-18-22-23-19(27-18)26-11-14-6-8-15(20)9-7-14/h3-9H,10-11H2,1-2H3,(H,21,22,24). The molecule has 0 aliphatic heterocycles. The number of aromatic nitrogens is 2. The third kappa shape index (κ3) is 5.51. The summed E-state index contributed by atoms with van der Waals surface area (Å²) in [6.07, 6.45) is 0. The van der Waals surface area contributed by atoms with Crippen LogP contribution in [0.1, 0.15) is 16.7 Å². The minimum Gasteiger partial charge on any atom is -0.483 e. The van der Waals surface area contributed by atoms with Crippen molar-refractivity contribution in [2.75, 3.05) is 11.9 Å². The topological polar surface area (TPSA) is 64.1 Å². The van der Waals surface area contributed by atoms with Crippen molar-refractivity contribution in [1.29, 1.82) is 0 Å². The van der Waals surface area contributed by atoms with Crippen LogP contribution >= 0.6 is 23.1 Å². The number of amides is 1. The Labute approximate surface area is 165 Å². The highest BCUT2D eigenvalue weighted by molar-refractivity contribution is 8.00. The molecule has 0 atom stereocenters. The Morgan fingerprint density at radius 1 is 1.19 bits per heavy atom. The van der Waals surface area contributed by atoms with E-state index in [2.05, 4.69) is 15.5 Å². The molecular formula is C19H18FN3O2S2. The summed E-state index contributed by atoms with van der Waals surface area (Å²) in [7, 11) is 0. The third-order valence-corrected chi connectivity index (χ3v) is 5.89. The number of halogens is 1. The van der Waals surface area contributed by atoms with Crippen molar-refractivity contribution in [3.63, 3.8) is 0 Å². The molecule has 27 heavy (non-hydrogen) atoms. The largest absolute Gasteiger partial charge is 0.483 e. The van der Waals surface area contributed by atoms with Crippen molar-refractivity contribution < 1.29 is 13.9 Å². The molecule has 3 aromatic rings. The van der Waals surface area contributed by atoms with Crippen molar-refractivity contribution in [2.24, 2.45) is 0 Å². The molecule has 1 heterocycles. The maximum atomic E-state index is 12.9. The zero-order chi connectivity index (χ0) is 19.2. The van der Waals surface area contributed by atoms with E-state index in [-0.39, 0.29) is 18.3 Å². The molecule has 2 aromatic carbocycles. The Morgan fingerprint density at radius 2 is 1.96 bits per heavy atom. The van der Waals surface area contributed by atoms with Gasteiger partial charge in [0.1, 0.15) is 11.6 Å². The lowest BCUT2D eigenvalue weighted by atomic mass is 10.1. The van der Waals surface area contributed by atoms with E-state index < -0.39 is 0 Å². The minimum atomic E-state index is -0.290. The predicted octanol–water partition coefficient (Wildman–Crippen LogP) is 4.60. The molecule has 0 saturated heterocycles. The Kier molecular flexibility index (Phi) is 6.41. The van der Waals surface area contributed by atoms with Gasteiger partial charge in [-0.1, -0.05) is 47.4 Å². The summed E-state index contributed by atoms with van der Waals surface area (Å²) in [6.45, 7) is 3.86. The summed E-state index contributed by atoms with van der Waals surface area (Å²) >= 11 is 2.77. The number of aryl methyl sites for hydroxylation is 1. The average molecular weight is 404 g/mol. The van der Waals surface area contributed by atoms with E-state index in [1.165, 1.54) is 35.2 Å². The van der Waals surface area contributed by atoms with Crippen molar-refractivity contribution in [3.8, 4) is 5.75 Å². The lowest BCUT2D eigenvalue weighted by Crippen LogP contribution is -2.20. The Balaban J connectivity index is 1.48. The maximum absolute atomic E-state index is 12.9. The molecule has 1 N–H and O–H groups in total. The first-order valence-corrected chi connectivity index (χ1v) is 10.0. The van der Waals surface area contributed by atoms with Gasteiger partial charge in [0.2, 0.25) is 5.13 Å². The normalized spacial score (nSPS) is 10.6. The van der Waals surface area contributed by atoms with Gasteiger partial charge in [0.15, 0.2) is 10.9 Å². The first kappa shape index (κ1) is 19.3. The van der Waals surface area contributed by atoms with Crippen LogP contribution < -0.4 is 10.1 Å². The maximum Gasteiger partial charge on any atom is 0.264 e. The summed E-state index contributed by atoms with van der Waals surface area (Å²) in [4.78, 5) is 12.1. The molecule has 0 aliphatic carbocycles. The Morgan fingerprint density at radius 3 is 2.74 bits per heavy atom. The van der Waals surface area contributed by atoms with Crippen molar-refractivity contribution in [1.82, 2.24) is 10.2 Å². The van der Waals surface area contributed by atoms with Gasteiger partial charge >= 0.3 is 0 Å². The highest BCUT2D eigenvalue weighted by Crippen LogP contribution is 2.28. The fourth-order valence-electron chi connectivity index (χ4n) is 2.22. The molecule has 0 aliphatic rings. The molecule has 0 radical (unpaired) electrons. The van der Waals surface area contributed by atoms with E-state index in [1.807, 2.05) is 32.0 Å². The number of nitrogens with zero attached hydrogens (tertiary/aromatic N) is 2. The zero-order valence-corrected chi connectivity index (χ0v) is 16.5. The SMILES string of the molecule is Cc1cccc(OCC(=O)Nc2nnc(SCc3ccc(F)cc3)s2)c1C. The second kappa shape index (κ2) is 8.96. The molecule has 1 amide bonds. The first-order valence-electron chi connectivity index (χ1n) is 8.21. The average Bonchev–Trinajstić information content (AvgIpc) is 3.10. The van der Waals surface area contributed by atoms with Crippen LogP contribution in [-0.4, -0.2) is 22.7 Å². The number of hydrogen-bond acceptors (Lipinski definition) is 6. The van der Waals surface area contributed by atoms with Gasteiger partial charge in [-0.2, -0.15) is 0 Å². The van der Waals surface area contributed by atoms with Crippen LogP contribution in [0.15, 0.2) is 46.8 Å². The number of carbonyl (C=O) groups is 1. The molecular weight excluding hydrogens is 385 g/mol. The Bertz CT molecular complexity index is 929. The van der Waals surface area contributed by atoms with E-state index in [0.717, 1.165) is 21.0 Å². The lowest BCUT2D eigenvalue weighted by molar-refractivity contribution is -0.118. The summed E-state index contributed by atoms with van der Waals surface area (Å²) in [5, 5.41) is 11.1. The molecule has 0 fully saturated rings. The van der Waals surface area contributed by atoms with Gasteiger partial charge in [-0.05, 0) is 48.7 Å². The van der Waals surface area contributed by atoms with Crippen LogP contribution in [0.3, 0.4) is 0 Å². The number of rotatable bonds is 7. The van der Waals surface area contributed by atoms with E-state index >= 15 is 0 Å². The molecule has 8 heteroatoms. The van der Waals surface area contributed by atoms with Gasteiger partial charge in [-0.25, -0.2) is 4.39 Å². The molecule has 5 nitrogen and oxygen atoms in total. The minimum absolute atomic E-state index is 0.0953. The van der Waals surface area contributed by atoms with E-state index in [9.17, 15) is 9.18 Å². The van der Waals surface area contributed by atoms with Gasteiger partial charge in [0.25, 0.3) is 5.91 Å². The van der Waals surface area contributed by atoms with E-state index in [1.54, 1.807) is 12.1 Å². The highest BCUT2D eigenvalue weighted by Gasteiger charge is 2.11. The monoisotopic (exact) mass is 403 g/mol. The fourth-order valence-corrected chi connectivity index (χ4v) is 3.95. The molecule has 0 saturated carbocycles. The Hall–Kier alpha value is -2.45. The predicted molar refractivity (Wildman–Crippen MR) is 106 cm³/mol. The summed E-state index contributed by atoms with van der Waals surface area (Å²) in [6, 6.07) is 12.0. The smallest absolute Gasteiger partial charge is 0.264 e. The number of carbonyl (C=O) groups excluding carboxylic acids is 1. The van der Waals surface area contributed by atoms with Gasteiger partial charge in [-0.15, -0.1) is 10.2 Å². The molecule has 0 bridgehead atoms. The van der Waals surface area contributed by atoms with E-state index in [0.29, 0.717) is 16.6 Å². The van der Waals surface area contributed by atoms with Crippen LogP contribution in [-0.2, 0) is 10.5 Å². The van der Waals surface area contributed by atoms with Crippen LogP contribution in [0.2, 0.25) is 0 Å². The number of ether oxygens (including phenoxy) is 1. The highest BCUT2D eigenvalue weighted by atomic mass is 32.2. The second-order valence-corrected chi connectivity index (χ2v) is 8.02. The lowest BCUT2D eigenvalue weighted by Gasteiger charge is -2.10. The fraction of sp³-hybridized carbons (Fsp3) is 0.211. The summed E-state index contributed by atoms with van der Waals surface area (Å²) < 4.78 is 19.2. The molecule has 0 unspecified atom stereocenters. The second-order valence-electron chi connectivity index (χ2n) is 5.82. The third-order valence-electron chi connectivity index (χ3n) is 3.84. The van der Waals surface area contributed by atoms with Crippen LogP contribution in [0.25, 0.3) is 0 Å². The van der Waals surface area contributed by atoms with Crippen LogP contribution in [0, 0.1) is 19.7 Å². The van der Waals surface area contributed by atoms with Crippen molar-refractivity contribution >= 4 is 34.1 Å². The number of hydrogen-bond donors (Lipinski definition) is 1. The van der Waals surface area contributed by atoms with Gasteiger partial charge in [0, 0.05) is 5.75 Å². The molecule has 140 valence electrons. The number of anilines is 1. The number of benzene rings is 2. The number of nitrogens with one attached hydrogen (secondary N) is 1. The van der Waals surface area contributed by atoms with Crippen LogP contribution in [0.4, 0.5) is 9.52 Å². The van der Waals surface area contributed by atoms with Gasteiger partial charge < -0.3 is 4.74 Å². The molecule has 0 spiro atoms. The molecule has 1 aromatic heterocycles. The van der Waals surface area contributed by atoms with Crippen molar-refractivity contribution in [3.05, 3.63) is 65.0 Å². The molecule has 3 rings (SSSR count). The first-order chi connectivity index (χ1) is 13.0. The van der Waals surface area contributed by atoms with Gasteiger partial charge in [0.05, 0.1) is 0 Å². The van der Waals surface area contributed by atoms with Crippen LogP contribution in [0.5, 0.6) is 5.75 Å². The van der Waals surface area contributed by atoms with Crippen molar-refractivity contribution in [2.45, 2.75) is 23.9 Å². The number of thioether (sulfide) groups is 1. The zero-order valence-electron chi connectivity index (χ0n) is 14.9. The quantitative estimate of drug-likeness (QED) is 0.461.